The van der Waals surface area contributed by atoms with Crippen LogP contribution in [0.5, 0.6) is 5.75 Å². The van der Waals surface area contributed by atoms with Gasteiger partial charge >= 0.3 is 0 Å². The van der Waals surface area contributed by atoms with Gasteiger partial charge in [-0.3, -0.25) is 0 Å². The van der Waals surface area contributed by atoms with E-state index in [0.29, 0.717) is 12.6 Å². The lowest BCUT2D eigenvalue weighted by molar-refractivity contribution is 0.414. The molecule has 3 heteroatoms. The number of hydrogen-bond acceptors (Lipinski definition) is 2. The number of hydrogen-bond donors (Lipinski definition) is 1. The van der Waals surface area contributed by atoms with Crippen molar-refractivity contribution in [1.82, 2.24) is 5.32 Å². The lowest BCUT2D eigenvalue weighted by Crippen LogP contribution is -2.16. The van der Waals surface area contributed by atoms with Crippen LogP contribution < -0.4 is 10.1 Å². The van der Waals surface area contributed by atoms with Gasteiger partial charge in [-0.05, 0) is 60.7 Å². The summed E-state index contributed by atoms with van der Waals surface area (Å²) in [4.78, 5) is 0. The van der Waals surface area contributed by atoms with Gasteiger partial charge in [-0.15, -0.1) is 0 Å². The van der Waals surface area contributed by atoms with Gasteiger partial charge in [0.1, 0.15) is 11.6 Å². The van der Waals surface area contributed by atoms with E-state index in [1.54, 1.807) is 13.2 Å². The molecule has 1 aliphatic rings. The summed E-state index contributed by atoms with van der Waals surface area (Å²) in [5.41, 5.74) is 4.02. The van der Waals surface area contributed by atoms with Crippen LogP contribution in [0.15, 0.2) is 36.4 Å². The largest absolute Gasteiger partial charge is 0.497 e. The van der Waals surface area contributed by atoms with E-state index in [-0.39, 0.29) is 5.82 Å². The Morgan fingerprint density at radius 3 is 2.67 bits per heavy atom. The number of nitrogens with one attached hydrogen (secondary N) is 1. The van der Waals surface area contributed by atoms with Crippen molar-refractivity contribution >= 4 is 0 Å². The normalized spacial score (nSPS) is 14.2. The number of methoxy groups -OCH3 is 1. The molecule has 0 atom stereocenters. The molecular weight excluding hydrogens is 265 g/mol. The highest BCUT2D eigenvalue weighted by atomic mass is 19.1. The summed E-state index contributed by atoms with van der Waals surface area (Å²) in [6, 6.07) is 11.9. The summed E-state index contributed by atoms with van der Waals surface area (Å²) in [5, 5.41) is 3.37. The van der Waals surface area contributed by atoms with Crippen LogP contribution in [0.4, 0.5) is 4.39 Å². The second kappa shape index (κ2) is 5.86. The van der Waals surface area contributed by atoms with E-state index in [9.17, 15) is 4.39 Å². The summed E-state index contributed by atoms with van der Waals surface area (Å²) < 4.78 is 19.1. The van der Waals surface area contributed by atoms with Crippen LogP contribution in [0, 0.1) is 12.7 Å². The maximum atomic E-state index is 13.9. The minimum absolute atomic E-state index is 0.141. The van der Waals surface area contributed by atoms with Crippen molar-refractivity contribution < 1.29 is 9.13 Å². The summed E-state index contributed by atoms with van der Waals surface area (Å²) in [7, 11) is 1.66. The van der Waals surface area contributed by atoms with E-state index in [1.807, 2.05) is 37.3 Å². The molecule has 0 bridgehead atoms. The first-order valence-electron chi connectivity index (χ1n) is 7.34. The molecule has 0 radical (unpaired) electrons. The zero-order chi connectivity index (χ0) is 14.8. The van der Waals surface area contributed by atoms with Gasteiger partial charge in [-0.2, -0.15) is 0 Å². The van der Waals surface area contributed by atoms with Crippen LogP contribution in [0.25, 0.3) is 11.1 Å². The van der Waals surface area contributed by atoms with Crippen LogP contribution >= 0.6 is 0 Å². The topological polar surface area (TPSA) is 21.3 Å². The average Bonchev–Trinajstić information content (AvgIpc) is 3.31. The van der Waals surface area contributed by atoms with Gasteiger partial charge < -0.3 is 10.1 Å². The van der Waals surface area contributed by atoms with Crippen molar-refractivity contribution in [1.29, 1.82) is 0 Å². The van der Waals surface area contributed by atoms with Crippen LogP contribution in [0.2, 0.25) is 0 Å². The van der Waals surface area contributed by atoms with Gasteiger partial charge in [0, 0.05) is 18.2 Å². The number of halogens is 1. The zero-order valence-electron chi connectivity index (χ0n) is 12.4. The van der Waals surface area contributed by atoms with Crippen LogP contribution in [0.3, 0.4) is 0 Å². The van der Waals surface area contributed by atoms with Gasteiger partial charge in [0.15, 0.2) is 0 Å². The second-order valence-electron chi connectivity index (χ2n) is 5.64. The first kappa shape index (κ1) is 14.1. The lowest BCUT2D eigenvalue weighted by Gasteiger charge is -2.11. The third-order valence-corrected chi connectivity index (χ3v) is 3.95. The molecule has 110 valence electrons. The molecule has 0 aromatic heterocycles. The molecule has 21 heavy (non-hydrogen) atoms. The Morgan fingerprint density at radius 1 is 1.19 bits per heavy atom. The molecule has 0 heterocycles. The highest BCUT2D eigenvalue weighted by Crippen LogP contribution is 2.28. The van der Waals surface area contributed by atoms with Gasteiger partial charge in [0.2, 0.25) is 0 Å². The number of ether oxygens (including phenoxy) is 1. The minimum atomic E-state index is -0.141. The average molecular weight is 285 g/mol. The van der Waals surface area contributed by atoms with Crippen molar-refractivity contribution in [3.05, 3.63) is 53.3 Å². The van der Waals surface area contributed by atoms with Crippen LogP contribution in [-0.2, 0) is 6.54 Å². The van der Waals surface area contributed by atoms with Crippen molar-refractivity contribution in [2.45, 2.75) is 32.4 Å². The molecule has 1 fully saturated rings. The molecule has 0 saturated heterocycles. The first-order valence-corrected chi connectivity index (χ1v) is 7.34. The fourth-order valence-corrected chi connectivity index (χ4v) is 2.51. The highest BCUT2D eigenvalue weighted by molar-refractivity contribution is 5.68. The fraction of sp³-hybridized carbons (Fsp3) is 0.333. The van der Waals surface area contributed by atoms with Crippen molar-refractivity contribution in [3.63, 3.8) is 0 Å². The number of aryl methyl sites for hydroxylation is 1. The lowest BCUT2D eigenvalue weighted by atomic mass is 9.98. The van der Waals surface area contributed by atoms with Gasteiger partial charge in [-0.1, -0.05) is 12.1 Å². The SMILES string of the molecule is COc1ccc(-c2ccc(F)c(CNC3CC3)c2)c(C)c1. The van der Waals surface area contributed by atoms with E-state index < -0.39 is 0 Å². The molecule has 1 saturated carbocycles. The maximum Gasteiger partial charge on any atom is 0.127 e. The summed E-state index contributed by atoms with van der Waals surface area (Å²) in [6.45, 7) is 2.64. The van der Waals surface area contributed by atoms with Crippen molar-refractivity contribution in [2.75, 3.05) is 7.11 Å². The molecule has 2 nitrogen and oxygen atoms in total. The molecule has 0 aliphatic heterocycles. The highest BCUT2D eigenvalue weighted by Gasteiger charge is 2.20. The molecule has 0 unspecified atom stereocenters. The van der Waals surface area contributed by atoms with E-state index in [1.165, 1.54) is 12.8 Å². The van der Waals surface area contributed by atoms with Crippen molar-refractivity contribution in [2.24, 2.45) is 0 Å². The fourth-order valence-electron chi connectivity index (χ4n) is 2.51. The first-order chi connectivity index (χ1) is 10.2. The molecule has 3 rings (SSSR count). The molecule has 0 spiro atoms. The Morgan fingerprint density at radius 2 is 2.00 bits per heavy atom. The quantitative estimate of drug-likeness (QED) is 0.894. The van der Waals surface area contributed by atoms with Crippen molar-refractivity contribution in [3.8, 4) is 16.9 Å². The third-order valence-electron chi connectivity index (χ3n) is 3.95. The predicted octanol–water partition coefficient (Wildman–Crippen LogP) is 4.06. The number of benzene rings is 2. The minimum Gasteiger partial charge on any atom is -0.497 e. The van der Waals surface area contributed by atoms with Gasteiger partial charge in [-0.25, -0.2) is 4.39 Å². The Labute approximate surface area is 125 Å². The summed E-state index contributed by atoms with van der Waals surface area (Å²) in [6.07, 6.45) is 2.41. The molecule has 2 aromatic carbocycles. The number of rotatable bonds is 5. The Hall–Kier alpha value is -1.87. The summed E-state index contributed by atoms with van der Waals surface area (Å²) >= 11 is 0. The molecule has 1 N–H and O–H groups in total. The summed E-state index contributed by atoms with van der Waals surface area (Å²) in [5.74, 6) is 0.701. The zero-order valence-corrected chi connectivity index (χ0v) is 12.4. The van der Waals surface area contributed by atoms with E-state index in [2.05, 4.69) is 5.32 Å². The van der Waals surface area contributed by atoms with E-state index in [0.717, 1.165) is 28.0 Å². The Bertz CT molecular complexity index is 650. The second-order valence-corrected chi connectivity index (χ2v) is 5.64. The molecular formula is C18H20FNO. The maximum absolute atomic E-state index is 13.9. The Balaban J connectivity index is 1.88. The van der Waals surface area contributed by atoms with Crippen LogP contribution in [0.1, 0.15) is 24.0 Å². The monoisotopic (exact) mass is 285 g/mol. The molecule has 0 amide bonds. The van der Waals surface area contributed by atoms with Gasteiger partial charge in [0.25, 0.3) is 0 Å². The molecule has 2 aromatic rings. The van der Waals surface area contributed by atoms with Gasteiger partial charge in [0.05, 0.1) is 7.11 Å². The van der Waals surface area contributed by atoms with Crippen LogP contribution in [-0.4, -0.2) is 13.2 Å². The standard InChI is InChI=1S/C18H20FNO/c1-12-9-16(21-2)6-7-17(12)13-3-8-18(19)14(10-13)11-20-15-4-5-15/h3,6-10,15,20H,4-5,11H2,1-2H3. The smallest absolute Gasteiger partial charge is 0.127 e. The van der Waals surface area contributed by atoms with E-state index >= 15 is 0 Å². The Kier molecular flexibility index (Phi) is 3.93. The van der Waals surface area contributed by atoms with E-state index in [4.69, 9.17) is 4.74 Å². The third kappa shape index (κ3) is 3.24. The molecule has 1 aliphatic carbocycles. The predicted molar refractivity (Wildman–Crippen MR) is 83.0 cm³/mol.